The highest BCUT2D eigenvalue weighted by Crippen LogP contribution is 2.29. The van der Waals surface area contributed by atoms with Crippen LogP contribution in [0.2, 0.25) is 0 Å². The van der Waals surface area contributed by atoms with Crippen LogP contribution >= 0.6 is 0 Å². The minimum atomic E-state index is 0.475. The Kier molecular flexibility index (Phi) is 4.14. The SMILES string of the molecule is CC(CCC1CCCC1)Nc1ncccn1. The van der Waals surface area contributed by atoms with E-state index in [1.54, 1.807) is 12.4 Å². The molecular weight excluding hydrogens is 198 g/mol. The highest BCUT2D eigenvalue weighted by Gasteiger charge is 2.15. The summed E-state index contributed by atoms with van der Waals surface area (Å²) < 4.78 is 0. The first-order chi connectivity index (χ1) is 7.84. The fourth-order valence-corrected chi connectivity index (χ4v) is 2.45. The van der Waals surface area contributed by atoms with Gasteiger partial charge in [0.25, 0.3) is 0 Å². The van der Waals surface area contributed by atoms with Gasteiger partial charge in [-0.3, -0.25) is 0 Å². The molecule has 88 valence electrons. The number of anilines is 1. The number of hydrogen-bond acceptors (Lipinski definition) is 3. The molecule has 0 bridgehead atoms. The number of aromatic nitrogens is 2. The summed E-state index contributed by atoms with van der Waals surface area (Å²) in [6, 6.07) is 2.32. The molecule has 1 unspecified atom stereocenters. The number of nitrogens with one attached hydrogen (secondary N) is 1. The van der Waals surface area contributed by atoms with Gasteiger partial charge in [0.1, 0.15) is 0 Å². The normalized spacial score (nSPS) is 18.6. The number of hydrogen-bond donors (Lipinski definition) is 1. The van der Waals surface area contributed by atoms with Crippen LogP contribution in [-0.2, 0) is 0 Å². The minimum absolute atomic E-state index is 0.475. The zero-order chi connectivity index (χ0) is 11.2. The van der Waals surface area contributed by atoms with E-state index in [1.807, 2.05) is 6.07 Å². The van der Waals surface area contributed by atoms with Crippen LogP contribution in [0.5, 0.6) is 0 Å². The fraction of sp³-hybridized carbons (Fsp3) is 0.692. The van der Waals surface area contributed by atoms with E-state index in [9.17, 15) is 0 Å². The summed E-state index contributed by atoms with van der Waals surface area (Å²) in [4.78, 5) is 8.35. The monoisotopic (exact) mass is 219 g/mol. The summed E-state index contributed by atoms with van der Waals surface area (Å²) in [6.07, 6.45) is 11.9. The smallest absolute Gasteiger partial charge is 0.222 e. The standard InChI is InChI=1S/C13H21N3/c1-11(7-8-12-5-2-3-6-12)16-13-14-9-4-10-15-13/h4,9-12H,2-3,5-8H2,1H3,(H,14,15,16). The maximum Gasteiger partial charge on any atom is 0.222 e. The molecule has 0 radical (unpaired) electrons. The minimum Gasteiger partial charge on any atom is -0.352 e. The molecule has 0 aromatic carbocycles. The maximum atomic E-state index is 4.18. The summed E-state index contributed by atoms with van der Waals surface area (Å²) in [5.74, 6) is 1.72. The largest absolute Gasteiger partial charge is 0.352 e. The lowest BCUT2D eigenvalue weighted by Crippen LogP contribution is -2.17. The molecule has 1 atom stereocenters. The molecule has 1 saturated carbocycles. The predicted octanol–water partition coefficient (Wildman–Crippen LogP) is 3.25. The van der Waals surface area contributed by atoms with Gasteiger partial charge in [-0.25, -0.2) is 9.97 Å². The van der Waals surface area contributed by atoms with Gasteiger partial charge in [0.2, 0.25) is 5.95 Å². The molecule has 16 heavy (non-hydrogen) atoms. The first-order valence-corrected chi connectivity index (χ1v) is 6.38. The molecule has 1 aromatic rings. The molecule has 3 heteroatoms. The van der Waals surface area contributed by atoms with E-state index >= 15 is 0 Å². The Bertz CT molecular complexity index is 293. The van der Waals surface area contributed by atoms with E-state index in [0.717, 1.165) is 11.9 Å². The van der Waals surface area contributed by atoms with Crippen LogP contribution in [-0.4, -0.2) is 16.0 Å². The van der Waals surface area contributed by atoms with E-state index < -0.39 is 0 Å². The molecule has 1 fully saturated rings. The van der Waals surface area contributed by atoms with Crippen molar-refractivity contribution in [3.63, 3.8) is 0 Å². The Morgan fingerprint density at radius 1 is 1.31 bits per heavy atom. The van der Waals surface area contributed by atoms with E-state index in [1.165, 1.54) is 38.5 Å². The molecule has 0 spiro atoms. The Balaban J connectivity index is 1.69. The summed E-state index contributed by atoms with van der Waals surface area (Å²) in [6.45, 7) is 2.21. The first kappa shape index (κ1) is 11.4. The second-order valence-electron chi connectivity index (χ2n) is 4.85. The van der Waals surface area contributed by atoms with Crippen LogP contribution in [0, 0.1) is 5.92 Å². The van der Waals surface area contributed by atoms with E-state index in [0.29, 0.717) is 6.04 Å². The van der Waals surface area contributed by atoms with Gasteiger partial charge in [-0.2, -0.15) is 0 Å². The molecule has 1 aliphatic rings. The van der Waals surface area contributed by atoms with Gasteiger partial charge in [0.05, 0.1) is 0 Å². The summed E-state index contributed by atoms with van der Waals surface area (Å²) >= 11 is 0. The molecular formula is C13H21N3. The molecule has 1 heterocycles. The second-order valence-corrected chi connectivity index (χ2v) is 4.85. The van der Waals surface area contributed by atoms with Crippen molar-refractivity contribution >= 4 is 5.95 Å². The molecule has 0 amide bonds. The Morgan fingerprint density at radius 2 is 2.00 bits per heavy atom. The average Bonchev–Trinajstić information content (AvgIpc) is 2.81. The maximum absolute atomic E-state index is 4.18. The van der Waals surface area contributed by atoms with E-state index in [2.05, 4.69) is 22.2 Å². The van der Waals surface area contributed by atoms with Crippen molar-refractivity contribution in [3.8, 4) is 0 Å². The van der Waals surface area contributed by atoms with Crippen molar-refractivity contribution in [2.24, 2.45) is 5.92 Å². The van der Waals surface area contributed by atoms with E-state index in [4.69, 9.17) is 0 Å². The van der Waals surface area contributed by atoms with Gasteiger partial charge in [-0.1, -0.05) is 25.7 Å². The summed E-state index contributed by atoms with van der Waals surface area (Å²) in [5, 5.41) is 3.34. The fourth-order valence-electron chi connectivity index (χ4n) is 2.45. The van der Waals surface area contributed by atoms with Crippen molar-refractivity contribution < 1.29 is 0 Å². The summed E-state index contributed by atoms with van der Waals surface area (Å²) in [7, 11) is 0. The lowest BCUT2D eigenvalue weighted by atomic mass is 9.99. The van der Waals surface area contributed by atoms with Crippen LogP contribution < -0.4 is 5.32 Å². The average molecular weight is 219 g/mol. The quantitative estimate of drug-likeness (QED) is 0.826. The van der Waals surface area contributed by atoms with Gasteiger partial charge < -0.3 is 5.32 Å². The molecule has 0 aliphatic heterocycles. The second kappa shape index (κ2) is 5.83. The van der Waals surface area contributed by atoms with Crippen LogP contribution in [0.25, 0.3) is 0 Å². The predicted molar refractivity (Wildman–Crippen MR) is 66.3 cm³/mol. The van der Waals surface area contributed by atoms with E-state index in [-0.39, 0.29) is 0 Å². The summed E-state index contributed by atoms with van der Waals surface area (Å²) in [5.41, 5.74) is 0. The van der Waals surface area contributed by atoms with Gasteiger partial charge in [-0.15, -0.1) is 0 Å². The highest BCUT2D eigenvalue weighted by molar-refractivity contribution is 5.23. The first-order valence-electron chi connectivity index (χ1n) is 6.38. The Hall–Kier alpha value is -1.12. The number of nitrogens with zero attached hydrogens (tertiary/aromatic N) is 2. The molecule has 1 aromatic heterocycles. The molecule has 3 nitrogen and oxygen atoms in total. The van der Waals surface area contributed by atoms with Crippen LogP contribution in [0.15, 0.2) is 18.5 Å². The van der Waals surface area contributed by atoms with Crippen molar-refractivity contribution in [1.29, 1.82) is 0 Å². The van der Waals surface area contributed by atoms with Gasteiger partial charge in [0.15, 0.2) is 0 Å². The third-order valence-electron chi connectivity index (χ3n) is 3.42. The molecule has 2 rings (SSSR count). The van der Waals surface area contributed by atoms with Gasteiger partial charge >= 0.3 is 0 Å². The Morgan fingerprint density at radius 3 is 2.69 bits per heavy atom. The third-order valence-corrected chi connectivity index (χ3v) is 3.42. The topological polar surface area (TPSA) is 37.8 Å². The van der Waals surface area contributed by atoms with Crippen molar-refractivity contribution in [2.75, 3.05) is 5.32 Å². The highest BCUT2D eigenvalue weighted by atomic mass is 15.1. The van der Waals surface area contributed by atoms with Crippen LogP contribution in [0.3, 0.4) is 0 Å². The van der Waals surface area contributed by atoms with Gasteiger partial charge in [0, 0.05) is 18.4 Å². The molecule has 1 N–H and O–H groups in total. The lowest BCUT2D eigenvalue weighted by molar-refractivity contribution is 0.466. The Labute approximate surface area is 97.7 Å². The molecule has 1 aliphatic carbocycles. The zero-order valence-corrected chi connectivity index (χ0v) is 10.0. The van der Waals surface area contributed by atoms with Crippen LogP contribution in [0.1, 0.15) is 45.4 Å². The number of rotatable bonds is 5. The lowest BCUT2D eigenvalue weighted by Gasteiger charge is -2.15. The van der Waals surface area contributed by atoms with Crippen molar-refractivity contribution in [1.82, 2.24) is 9.97 Å². The third kappa shape index (κ3) is 3.47. The van der Waals surface area contributed by atoms with Gasteiger partial charge in [-0.05, 0) is 31.7 Å². The van der Waals surface area contributed by atoms with Crippen molar-refractivity contribution in [3.05, 3.63) is 18.5 Å². The van der Waals surface area contributed by atoms with Crippen LogP contribution in [0.4, 0.5) is 5.95 Å². The molecule has 0 saturated heterocycles. The van der Waals surface area contributed by atoms with Crippen molar-refractivity contribution in [2.45, 2.75) is 51.5 Å². The zero-order valence-electron chi connectivity index (χ0n) is 10.0.